The van der Waals surface area contributed by atoms with Gasteiger partial charge in [-0.3, -0.25) is 9.59 Å². The van der Waals surface area contributed by atoms with Gasteiger partial charge in [-0.1, -0.05) is 11.6 Å². The predicted octanol–water partition coefficient (Wildman–Crippen LogP) is 3.26. The molecule has 1 unspecified atom stereocenters. The molecule has 1 aliphatic rings. The zero-order chi connectivity index (χ0) is 17.1. The first-order valence-corrected chi connectivity index (χ1v) is 8.00. The highest BCUT2D eigenvalue weighted by atomic mass is 35.5. The van der Waals surface area contributed by atoms with Crippen molar-refractivity contribution in [1.29, 1.82) is 0 Å². The van der Waals surface area contributed by atoms with Crippen LogP contribution in [0.5, 0.6) is 0 Å². The standard InChI is InChI=1S/C18H16ClFN2O2/c19-14-3-7-16(8-4-14)22-11-12(9-17(22)23)10-21-18(24)13-1-5-15(20)6-2-13/h1-8,12H,9-11H2,(H,21,24). The van der Waals surface area contributed by atoms with E-state index in [1.165, 1.54) is 24.3 Å². The summed E-state index contributed by atoms with van der Waals surface area (Å²) < 4.78 is 12.9. The lowest BCUT2D eigenvalue weighted by atomic mass is 10.1. The van der Waals surface area contributed by atoms with Crippen LogP contribution < -0.4 is 10.2 Å². The van der Waals surface area contributed by atoms with E-state index < -0.39 is 0 Å². The monoisotopic (exact) mass is 346 g/mol. The summed E-state index contributed by atoms with van der Waals surface area (Å²) in [5.41, 5.74) is 1.20. The van der Waals surface area contributed by atoms with Gasteiger partial charge in [0.2, 0.25) is 5.91 Å². The molecule has 2 amide bonds. The Balaban J connectivity index is 1.57. The summed E-state index contributed by atoms with van der Waals surface area (Å²) in [6.45, 7) is 0.941. The molecule has 4 nitrogen and oxygen atoms in total. The van der Waals surface area contributed by atoms with Crippen molar-refractivity contribution in [1.82, 2.24) is 5.32 Å². The molecule has 124 valence electrons. The van der Waals surface area contributed by atoms with E-state index in [2.05, 4.69) is 5.32 Å². The fraction of sp³-hybridized carbons (Fsp3) is 0.222. The molecular formula is C18H16ClFN2O2. The van der Waals surface area contributed by atoms with Crippen molar-refractivity contribution in [3.63, 3.8) is 0 Å². The molecule has 1 heterocycles. The Hall–Kier alpha value is -2.40. The number of rotatable bonds is 4. The first-order chi connectivity index (χ1) is 11.5. The molecule has 0 bridgehead atoms. The molecule has 0 radical (unpaired) electrons. The van der Waals surface area contributed by atoms with Gasteiger partial charge in [0.15, 0.2) is 0 Å². The molecule has 0 aliphatic carbocycles. The topological polar surface area (TPSA) is 49.4 Å². The van der Waals surface area contributed by atoms with Gasteiger partial charge in [0, 0.05) is 41.7 Å². The third-order valence-corrected chi connectivity index (χ3v) is 4.25. The van der Waals surface area contributed by atoms with E-state index in [1.807, 2.05) is 0 Å². The van der Waals surface area contributed by atoms with Crippen LogP contribution in [-0.4, -0.2) is 24.9 Å². The van der Waals surface area contributed by atoms with Crippen molar-refractivity contribution in [3.8, 4) is 0 Å². The van der Waals surface area contributed by atoms with Gasteiger partial charge in [0.1, 0.15) is 5.82 Å². The maximum absolute atomic E-state index is 12.9. The average Bonchev–Trinajstić information content (AvgIpc) is 2.95. The minimum absolute atomic E-state index is 0.0263. The molecule has 1 saturated heterocycles. The highest BCUT2D eigenvalue weighted by Crippen LogP contribution is 2.26. The van der Waals surface area contributed by atoms with E-state index in [-0.39, 0.29) is 23.5 Å². The molecular weight excluding hydrogens is 331 g/mol. The number of amides is 2. The number of halogens is 2. The zero-order valence-electron chi connectivity index (χ0n) is 12.8. The van der Waals surface area contributed by atoms with Crippen LogP contribution in [0.25, 0.3) is 0 Å². The van der Waals surface area contributed by atoms with Crippen LogP contribution in [0, 0.1) is 11.7 Å². The molecule has 1 fully saturated rings. The summed E-state index contributed by atoms with van der Waals surface area (Å²) in [4.78, 5) is 25.9. The van der Waals surface area contributed by atoms with Gasteiger partial charge >= 0.3 is 0 Å². The van der Waals surface area contributed by atoms with Crippen LogP contribution in [-0.2, 0) is 4.79 Å². The van der Waals surface area contributed by atoms with Crippen molar-refractivity contribution in [3.05, 3.63) is 64.9 Å². The first-order valence-electron chi connectivity index (χ1n) is 7.62. The van der Waals surface area contributed by atoms with Crippen LogP contribution in [0.15, 0.2) is 48.5 Å². The SMILES string of the molecule is O=C(NCC1CC(=O)N(c2ccc(Cl)cc2)C1)c1ccc(F)cc1. The van der Waals surface area contributed by atoms with E-state index >= 15 is 0 Å². The van der Waals surface area contributed by atoms with Gasteiger partial charge in [-0.05, 0) is 48.5 Å². The fourth-order valence-electron chi connectivity index (χ4n) is 2.73. The number of nitrogens with zero attached hydrogens (tertiary/aromatic N) is 1. The summed E-state index contributed by atoms with van der Waals surface area (Å²) >= 11 is 5.86. The first kappa shape index (κ1) is 16.5. The van der Waals surface area contributed by atoms with Gasteiger partial charge in [0.25, 0.3) is 5.91 Å². The van der Waals surface area contributed by atoms with Crippen molar-refractivity contribution in [2.75, 3.05) is 18.0 Å². The largest absolute Gasteiger partial charge is 0.352 e. The second kappa shape index (κ2) is 7.01. The van der Waals surface area contributed by atoms with E-state index in [4.69, 9.17) is 11.6 Å². The van der Waals surface area contributed by atoms with E-state index in [0.717, 1.165) is 5.69 Å². The Bertz CT molecular complexity index is 747. The molecule has 1 N–H and O–H groups in total. The Morgan fingerprint density at radius 2 is 1.83 bits per heavy atom. The quantitative estimate of drug-likeness (QED) is 0.923. The Morgan fingerprint density at radius 1 is 1.17 bits per heavy atom. The maximum atomic E-state index is 12.9. The lowest BCUT2D eigenvalue weighted by molar-refractivity contribution is -0.117. The smallest absolute Gasteiger partial charge is 0.251 e. The van der Waals surface area contributed by atoms with Crippen LogP contribution in [0.3, 0.4) is 0 Å². The van der Waals surface area contributed by atoms with Gasteiger partial charge in [-0.2, -0.15) is 0 Å². The lowest BCUT2D eigenvalue weighted by Crippen LogP contribution is -2.31. The summed E-state index contributed by atoms with van der Waals surface area (Å²) in [5, 5.41) is 3.42. The average molecular weight is 347 g/mol. The Morgan fingerprint density at radius 3 is 2.50 bits per heavy atom. The number of carbonyl (C=O) groups excluding carboxylic acids is 2. The summed E-state index contributed by atoms with van der Waals surface area (Å²) in [6, 6.07) is 12.5. The van der Waals surface area contributed by atoms with Crippen molar-refractivity contribution >= 4 is 29.1 Å². The van der Waals surface area contributed by atoms with Crippen LogP contribution in [0.4, 0.5) is 10.1 Å². The Labute approximate surface area is 144 Å². The zero-order valence-corrected chi connectivity index (χ0v) is 13.6. The molecule has 1 atom stereocenters. The molecule has 2 aromatic carbocycles. The number of nitrogens with one attached hydrogen (secondary N) is 1. The Kier molecular flexibility index (Phi) is 4.81. The molecule has 24 heavy (non-hydrogen) atoms. The molecule has 0 saturated carbocycles. The van der Waals surface area contributed by atoms with Gasteiger partial charge in [-0.15, -0.1) is 0 Å². The fourth-order valence-corrected chi connectivity index (χ4v) is 2.86. The van der Waals surface area contributed by atoms with Crippen molar-refractivity contribution in [2.24, 2.45) is 5.92 Å². The molecule has 1 aliphatic heterocycles. The van der Waals surface area contributed by atoms with E-state index in [9.17, 15) is 14.0 Å². The van der Waals surface area contributed by atoms with E-state index in [1.54, 1.807) is 29.2 Å². The highest BCUT2D eigenvalue weighted by Gasteiger charge is 2.30. The molecule has 0 spiro atoms. The second-order valence-corrected chi connectivity index (χ2v) is 6.20. The van der Waals surface area contributed by atoms with Crippen LogP contribution in [0.1, 0.15) is 16.8 Å². The molecule has 0 aromatic heterocycles. The third kappa shape index (κ3) is 3.74. The number of hydrogen-bond acceptors (Lipinski definition) is 2. The second-order valence-electron chi connectivity index (χ2n) is 5.77. The summed E-state index contributed by atoms with van der Waals surface area (Å²) in [6.07, 6.45) is 0.381. The maximum Gasteiger partial charge on any atom is 0.251 e. The molecule has 3 rings (SSSR count). The van der Waals surface area contributed by atoms with Crippen molar-refractivity contribution < 1.29 is 14.0 Å². The third-order valence-electron chi connectivity index (χ3n) is 4.00. The molecule has 2 aromatic rings. The number of benzene rings is 2. The van der Waals surface area contributed by atoms with Crippen molar-refractivity contribution in [2.45, 2.75) is 6.42 Å². The van der Waals surface area contributed by atoms with Crippen LogP contribution >= 0.6 is 11.6 Å². The normalized spacial score (nSPS) is 17.2. The minimum Gasteiger partial charge on any atom is -0.352 e. The van der Waals surface area contributed by atoms with E-state index in [0.29, 0.717) is 30.1 Å². The molecule has 6 heteroatoms. The van der Waals surface area contributed by atoms with Crippen LogP contribution in [0.2, 0.25) is 5.02 Å². The number of anilines is 1. The minimum atomic E-state index is -0.383. The highest BCUT2D eigenvalue weighted by molar-refractivity contribution is 6.30. The van der Waals surface area contributed by atoms with Gasteiger partial charge < -0.3 is 10.2 Å². The van der Waals surface area contributed by atoms with Gasteiger partial charge in [0.05, 0.1) is 0 Å². The summed E-state index contributed by atoms with van der Waals surface area (Å²) in [7, 11) is 0. The summed E-state index contributed by atoms with van der Waals surface area (Å²) in [5.74, 6) is -0.588. The number of carbonyl (C=O) groups is 2. The predicted molar refractivity (Wildman–Crippen MR) is 90.6 cm³/mol. The van der Waals surface area contributed by atoms with Gasteiger partial charge in [-0.25, -0.2) is 4.39 Å². The lowest BCUT2D eigenvalue weighted by Gasteiger charge is -2.17. The number of hydrogen-bond donors (Lipinski definition) is 1.